The topological polar surface area (TPSA) is 62.6 Å². The van der Waals surface area contributed by atoms with Crippen molar-refractivity contribution >= 4 is 5.97 Å². The molecule has 1 aliphatic rings. The van der Waals surface area contributed by atoms with E-state index < -0.39 is 0 Å². The molecule has 0 unspecified atom stereocenters. The highest BCUT2D eigenvalue weighted by Gasteiger charge is 2.30. The first-order valence-corrected chi connectivity index (χ1v) is 7.19. The molecule has 1 saturated heterocycles. The van der Waals surface area contributed by atoms with Gasteiger partial charge < -0.3 is 9.47 Å². The van der Waals surface area contributed by atoms with E-state index in [0.717, 1.165) is 38.1 Å². The zero-order valence-electron chi connectivity index (χ0n) is 12.2. The summed E-state index contributed by atoms with van der Waals surface area (Å²) in [5.41, 5.74) is 0.625. The zero-order chi connectivity index (χ0) is 15.1. The number of nitrogens with zero attached hydrogens (tertiary/aromatic N) is 2. The summed E-state index contributed by atoms with van der Waals surface area (Å²) in [6.07, 6.45) is 2.77. The molecule has 0 N–H and O–H groups in total. The molecule has 0 aliphatic carbocycles. The van der Waals surface area contributed by atoms with Crippen LogP contribution in [0.5, 0.6) is 5.75 Å². The van der Waals surface area contributed by atoms with Gasteiger partial charge in [0.1, 0.15) is 11.8 Å². The van der Waals surface area contributed by atoms with Gasteiger partial charge in [-0.2, -0.15) is 5.26 Å². The van der Waals surface area contributed by atoms with Crippen molar-refractivity contribution in [3.8, 4) is 11.8 Å². The van der Waals surface area contributed by atoms with Gasteiger partial charge >= 0.3 is 5.97 Å². The van der Waals surface area contributed by atoms with Gasteiger partial charge in [-0.05, 0) is 50.1 Å². The molecule has 1 fully saturated rings. The van der Waals surface area contributed by atoms with E-state index in [2.05, 4.69) is 11.0 Å². The number of carbonyl (C=O) groups excluding carboxylic acids is 1. The summed E-state index contributed by atoms with van der Waals surface area (Å²) < 4.78 is 10.5. The smallest absolute Gasteiger partial charge is 0.323 e. The second-order valence-corrected chi connectivity index (χ2v) is 5.06. The van der Waals surface area contributed by atoms with Crippen LogP contribution in [0.1, 0.15) is 24.8 Å². The Morgan fingerprint density at radius 1 is 1.43 bits per heavy atom. The Morgan fingerprint density at radius 3 is 2.86 bits per heavy atom. The molecule has 21 heavy (non-hydrogen) atoms. The first-order chi connectivity index (χ1) is 10.2. The van der Waals surface area contributed by atoms with Crippen molar-refractivity contribution < 1.29 is 14.3 Å². The van der Waals surface area contributed by atoms with Gasteiger partial charge in [0.2, 0.25) is 0 Å². The molecular weight excluding hydrogens is 268 g/mol. The quantitative estimate of drug-likeness (QED) is 0.591. The molecule has 1 aromatic rings. The fourth-order valence-corrected chi connectivity index (χ4v) is 2.58. The maximum absolute atomic E-state index is 11.6. The Labute approximate surface area is 125 Å². The zero-order valence-corrected chi connectivity index (χ0v) is 12.2. The van der Waals surface area contributed by atoms with Gasteiger partial charge in [0, 0.05) is 6.54 Å². The maximum Gasteiger partial charge on any atom is 0.323 e. The van der Waals surface area contributed by atoms with Crippen LogP contribution in [-0.4, -0.2) is 43.7 Å². The SMILES string of the molecule is COC(=O)[C@@H]1CCCN1CCCOc1ccc(C#N)cc1. The fraction of sp³-hybridized carbons (Fsp3) is 0.500. The van der Waals surface area contributed by atoms with E-state index in [-0.39, 0.29) is 12.0 Å². The second kappa shape index (κ2) is 7.65. The third-order valence-electron chi connectivity index (χ3n) is 3.68. The highest BCUT2D eigenvalue weighted by molar-refractivity contribution is 5.75. The number of methoxy groups -OCH3 is 1. The molecule has 5 nitrogen and oxygen atoms in total. The highest BCUT2D eigenvalue weighted by Crippen LogP contribution is 2.18. The number of hydrogen-bond acceptors (Lipinski definition) is 5. The molecule has 2 rings (SSSR count). The summed E-state index contributed by atoms with van der Waals surface area (Å²) in [7, 11) is 1.44. The van der Waals surface area contributed by atoms with Crippen LogP contribution in [-0.2, 0) is 9.53 Å². The van der Waals surface area contributed by atoms with Crippen molar-refractivity contribution in [3.63, 3.8) is 0 Å². The minimum Gasteiger partial charge on any atom is -0.494 e. The molecule has 0 aromatic heterocycles. The lowest BCUT2D eigenvalue weighted by Crippen LogP contribution is -2.37. The molecule has 0 spiro atoms. The molecule has 0 amide bonds. The molecule has 0 saturated carbocycles. The van der Waals surface area contributed by atoms with E-state index in [9.17, 15) is 4.79 Å². The average molecular weight is 288 g/mol. The molecule has 1 aliphatic heterocycles. The lowest BCUT2D eigenvalue weighted by atomic mass is 10.2. The van der Waals surface area contributed by atoms with Gasteiger partial charge in [0.05, 0.1) is 25.3 Å². The molecule has 0 bridgehead atoms. The third-order valence-corrected chi connectivity index (χ3v) is 3.68. The van der Waals surface area contributed by atoms with Crippen LogP contribution in [0.2, 0.25) is 0 Å². The number of likely N-dealkylation sites (tertiary alicyclic amines) is 1. The van der Waals surface area contributed by atoms with Crippen molar-refractivity contribution in [3.05, 3.63) is 29.8 Å². The second-order valence-electron chi connectivity index (χ2n) is 5.06. The van der Waals surface area contributed by atoms with Crippen molar-refractivity contribution in [1.29, 1.82) is 5.26 Å². The van der Waals surface area contributed by atoms with E-state index in [1.807, 2.05) is 0 Å². The Bertz CT molecular complexity index is 507. The number of hydrogen-bond donors (Lipinski definition) is 0. The average Bonchev–Trinajstić information content (AvgIpc) is 3.00. The summed E-state index contributed by atoms with van der Waals surface area (Å²) in [4.78, 5) is 13.8. The predicted molar refractivity (Wildman–Crippen MR) is 77.9 cm³/mol. The van der Waals surface area contributed by atoms with Crippen molar-refractivity contribution in [2.24, 2.45) is 0 Å². The van der Waals surface area contributed by atoms with Crippen molar-refractivity contribution in [2.45, 2.75) is 25.3 Å². The summed E-state index contributed by atoms with van der Waals surface area (Å²) >= 11 is 0. The van der Waals surface area contributed by atoms with Crippen LogP contribution in [0.4, 0.5) is 0 Å². The van der Waals surface area contributed by atoms with E-state index in [1.165, 1.54) is 7.11 Å². The lowest BCUT2D eigenvalue weighted by molar-refractivity contribution is -0.145. The van der Waals surface area contributed by atoms with Gasteiger partial charge in [-0.3, -0.25) is 9.69 Å². The van der Waals surface area contributed by atoms with E-state index in [1.54, 1.807) is 24.3 Å². The Morgan fingerprint density at radius 2 is 2.19 bits per heavy atom. The Kier molecular flexibility index (Phi) is 5.59. The highest BCUT2D eigenvalue weighted by atomic mass is 16.5. The number of esters is 1. The fourth-order valence-electron chi connectivity index (χ4n) is 2.58. The maximum atomic E-state index is 11.6. The van der Waals surface area contributed by atoms with Gasteiger partial charge in [-0.1, -0.05) is 0 Å². The number of carbonyl (C=O) groups is 1. The Hall–Kier alpha value is -2.06. The van der Waals surface area contributed by atoms with Crippen LogP contribution >= 0.6 is 0 Å². The summed E-state index contributed by atoms with van der Waals surface area (Å²) in [5.74, 6) is 0.625. The number of nitriles is 1. The van der Waals surface area contributed by atoms with Gasteiger partial charge in [0.25, 0.3) is 0 Å². The van der Waals surface area contributed by atoms with Crippen LogP contribution in [0.15, 0.2) is 24.3 Å². The molecule has 0 radical (unpaired) electrons. The summed E-state index contributed by atoms with van der Waals surface area (Å²) in [5, 5.41) is 8.72. The monoisotopic (exact) mass is 288 g/mol. The first-order valence-electron chi connectivity index (χ1n) is 7.19. The molecule has 5 heteroatoms. The number of rotatable bonds is 6. The first kappa shape index (κ1) is 15.3. The van der Waals surface area contributed by atoms with E-state index >= 15 is 0 Å². The number of ether oxygens (including phenoxy) is 2. The van der Waals surface area contributed by atoms with Crippen LogP contribution in [0.25, 0.3) is 0 Å². The standard InChI is InChI=1S/C16H20N2O3/c1-20-16(19)15-4-2-9-18(15)10-3-11-21-14-7-5-13(12-17)6-8-14/h5-8,15H,2-4,9-11H2,1H3/t15-/m0/s1. The molecule has 1 aromatic carbocycles. The normalized spacial score (nSPS) is 18.2. The van der Waals surface area contributed by atoms with E-state index in [0.29, 0.717) is 12.2 Å². The van der Waals surface area contributed by atoms with Crippen LogP contribution in [0.3, 0.4) is 0 Å². The van der Waals surface area contributed by atoms with E-state index in [4.69, 9.17) is 14.7 Å². The largest absolute Gasteiger partial charge is 0.494 e. The minimum absolute atomic E-state index is 0.0927. The van der Waals surface area contributed by atoms with Crippen LogP contribution < -0.4 is 4.74 Å². The molecule has 1 heterocycles. The van der Waals surface area contributed by atoms with Gasteiger partial charge in [-0.25, -0.2) is 0 Å². The van der Waals surface area contributed by atoms with Gasteiger partial charge in [0.15, 0.2) is 0 Å². The summed E-state index contributed by atoms with van der Waals surface area (Å²) in [6, 6.07) is 9.05. The van der Waals surface area contributed by atoms with Crippen LogP contribution in [0, 0.1) is 11.3 Å². The van der Waals surface area contributed by atoms with Gasteiger partial charge in [-0.15, -0.1) is 0 Å². The minimum atomic E-state index is -0.138. The number of benzene rings is 1. The molecule has 1 atom stereocenters. The predicted octanol–water partition coefficient (Wildman–Crippen LogP) is 1.96. The van der Waals surface area contributed by atoms with Crippen molar-refractivity contribution in [1.82, 2.24) is 4.90 Å². The molecule has 112 valence electrons. The Balaban J connectivity index is 1.71. The summed E-state index contributed by atoms with van der Waals surface area (Å²) in [6.45, 7) is 2.36. The molecular formula is C16H20N2O3. The third kappa shape index (κ3) is 4.20. The lowest BCUT2D eigenvalue weighted by Gasteiger charge is -2.22. The van der Waals surface area contributed by atoms with Crippen molar-refractivity contribution in [2.75, 3.05) is 26.8 Å².